The zero-order chi connectivity index (χ0) is 25.3. The van der Waals surface area contributed by atoms with Gasteiger partial charge in [-0.2, -0.15) is 0 Å². The highest BCUT2D eigenvalue weighted by Crippen LogP contribution is 2.51. The molecule has 4 atom stereocenters. The Hall–Kier alpha value is -2.45. The summed E-state index contributed by atoms with van der Waals surface area (Å²) in [5, 5.41) is 4.05. The highest BCUT2D eigenvalue weighted by molar-refractivity contribution is 6.38. The first kappa shape index (κ1) is 25.6. The number of hydrogen-bond donors (Lipinski definition) is 3. The van der Waals surface area contributed by atoms with Crippen molar-refractivity contribution >= 4 is 40.5 Å². The first-order valence-electron chi connectivity index (χ1n) is 11.6. The minimum absolute atomic E-state index is 0.0340. The molecule has 1 amide bonds. The van der Waals surface area contributed by atoms with Crippen molar-refractivity contribution in [1.29, 1.82) is 0 Å². The lowest BCUT2D eigenvalue weighted by atomic mass is 9.72. The fourth-order valence-corrected chi connectivity index (χ4v) is 6.09. The van der Waals surface area contributed by atoms with Crippen LogP contribution < -0.4 is 30.5 Å². The Labute approximate surface area is 216 Å². The van der Waals surface area contributed by atoms with Gasteiger partial charge in [0.2, 0.25) is 5.91 Å². The number of methoxy groups -OCH3 is 2. The number of nitrogens with zero attached hydrogens (tertiary/aromatic N) is 1. The van der Waals surface area contributed by atoms with Gasteiger partial charge in [-0.25, -0.2) is 5.43 Å². The molecule has 1 saturated heterocycles. The molecular weight excluding hydrogens is 487 g/mol. The van der Waals surface area contributed by atoms with Crippen molar-refractivity contribution in [1.82, 2.24) is 10.9 Å². The van der Waals surface area contributed by atoms with E-state index in [0.29, 0.717) is 27.5 Å². The third kappa shape index (κ3) is 4.96. The molecule has 7 nitrogen and oxygen atoms in total. The molecule has 4 rings (SSSR count). The van der Waals surface area contributed by atoms with E-state index < -0.39 is 0 Å². The number of nitrogens with one attached hydrogen (secondary N) is 3. The van der Waals surface area contributed by atoms with Crippen LogP contribution in [0.5, 0.6) is 11.5 Å². The number of fused-ring (bicyclic) bond motifs is 1. The van der Waals surface area contributed by atoms with E-state index in [1.165, 1.54) is 6.08 Å². The molecule has 188 valence electrons. The summed E-state index contributed by atoms with van der Waals surface area (Å²) >= 11 is 13.4. The summed E-state index contributed by atoms with van der Waals surface area (Å²) in [6.45, 7) is 3.58. The lowest BCUT2D eigenvalue weighted by molar-refractivity contribution is -0.111. The summed E-state index contributed by atoms with van der Waals surface area (Å²) in [5.74, 6) is 1.37. The number of hydrogen-bond acceptors (Lipinski definition) is 6. The predicted molar refractivity (Wildman–Crippen MR) is 142 cm³/mol. The van der Waals surface area contributed by atoms with Crippen LogP contribution >= 0.6 is 23.2 Å². The standard InChI is InChI=1S/C26H32Cl2N4O3/c1-6-22(33)29-18-10-8-15(32(2)3)12-17(18)26-16-9-7-14(11-19(16)30-31-26)23-24(27)20(34-4)13-21(35-5)25(23)28/h6,8,10,12-14,16,19,26,30-31H,1,7,9,11H2,2-5H3,(H,29,33)/t14-,16?,19?,26?/m0/s1. The van der Waals surface area contributed by atoms with Gasteiger partial charge in [0.05, 0.1) is 30.3 Å². The van der Waals surface area contributed by atoms with E-state index in [4.69, 9.17) is 32.7 Å². The molecule has 9 heteroatoms. The molecule has 3 unspecified atom stereocenters. The second kappa shape index (κ2) is 10.7. The smallest absolute Gasteiger partial charge is 0.247 e. The van der Waals surface area contributed by atoms with Gasteiger partial charge < -0.3 is 19.7 Å². The van der Waals surface area contributed by atoms with Crippen molar-refractivity contribution in [3.05, 3.63) is 58.1 Å². The molecule has 1 aliphatic carbocycles. The molecule has 1 saturated carbocycles. The molecule has 1 heterocycles. The average molecular weight is 519 g/mol. The Morgan fingerprint density at radius 3 is 2.40 bits per heavy atom. The minimum Gasteiger partial charge on any atom is -0.495 e. The molecule has 0 aromatic heterocycles. The molecule has 0 radical (unpaired) electrons. The summed E-state index contributed by atoms with van der Waals surface area (Å²) < 4.78 is 11.0. The number of carbonyl (C=O) groups is 1. The van der Waals surface area contributed by atoms with E-state index in [-0.39, 0.29) is 23.9 Å². The molecule has 2 aliphatic rings. The van der Waals surface area contributed by atoms with Gasteiger partial charge in [0, 0.05) is 43.1 Å². The normalized spacial score (nSPS) is 23.4. The third-order valence-corrected chi connectivity index (χ3v) is 7.88. The van der Waals surface area contributed by atoms with Crippen molar-refractivity contribution in [2.75, 3.05) is 38.5 Å². The van der Waals surface area contributed by atoms with Gasteiger partial charge in [0.1, 0.15) is 11.5 Å². The molecule has 2 fully saturated rings. The molecule has 3 N–H and O–H groups in total. The van der Waals surface area contributed by atoms with Crippen LogP contribution in [-0.2, 0) is 4.79 Å². The first-order chi connectivity index (χ1) is 16.8. The fourth-order valence-electron chi connectivity index (χ4n) is 5.28. The number of halogens is 2. The minimum atomic E-state index is -0.230. The van der Waals surface area contributed by atoms with Crippen LogP contribution in [-0.4, -0.2) is 40.3 Å². The molecule has 2 aromatic carbocycles. The zero-order valence-electron chi connectivity index (χ0n) is 20.5. The second-order valence-electron chi connectivity index (χ2n) is 9.23. The van der Waals surface area contributed by atoms with Crippen LogP contribution in [0.1, 0.15) is 42.3 Å². The Morgan fingerprint density at radius 1 is 1.11 bits per heavy atom. The van der Waals surface area contributed by atoms with Crippen molar-refractivity contribution in [3.63, 3.8) is 0 Å². The quantitative estimate of drug-likeness (QED) is 0.431. The van der Waals surface area contributed by atoms with Gasteiger partial charge in [-0.05, 0) is 60.9 Å². The van der Waals surface area contributed by atoms with Gasteiger partial charge in [-0.1, -0.05) is 29.8 Å². The van der Waals surface area contributed by atoms with Crippen molar-refractivity contribution in [2.24, 2.45) is 5.92 Å². The largest absolute Gasteiger partial charge is 0.495 e. The van der Waals surface area contributed by atoms with E-state index >= 15 is 0 Å². The van der Waals surface area contributed by atoms with Crippen molar-refractivity contribution < 1.29 is 14.3 Å². The van der Waals surface area contributed by atoms with Gasteiger partial charge in [0.25, 0.3) is 0 Å². The SMILES string of the molecule is C=CC(=O)Nc1ccc(N(C)C)cc1C1NNC2C[C@@H](c3c(Cl)c(OC)cc(OC)c3Cl)CCC21. The van der Waals surface area contributed by atoms with Gasteiger partial charge in [-0.3, -0.25) is 10.2 Å². The topological polar surface area (TPSA) is 74.9 Å². The molecule has 2 aromatic rings. The number of ether oxygens (including phenoxy) is 2. The van der Waals surface area contributed by atoms with Crippen LogP contribution in [0.15, 0.2) is 36.9 Å². The Bertz CT molecular complexity index is 1100. The summed E-state index contributed by atoms with van der Waals surface area (Å²) in [5.41, 5.74) is 10.8. The van der Waals surface area contributed by atoms with Crippen LogP contribution in [0.3, 0.4) is 0 Å². The van der Waals surface area contributed by atoms with Crippen LogP contribution in [0.2, 0.25) is 10.0 Å². The van der Waals surface area contributed by atoms with Crippen molar-refractivity contribution in [3.8, 4) is 11.5 Å². The van der Waals surface area contributed by atoms with Crippen LogP contribution in [0.25, 0.3) is 0 Å². The maximum absolute atomic E-state index is 12.1. The predicted octanol–water partition coefficient (Wildman–Crippen LogP) is 5.30. The van der Waals surface area contributed by atoms with Crippen LogP contribution in [0.4, 0.5) is 11.4 Å². The number of benzene rings is 2. The molecule has 35 heavy (non-hydrogen) atoms. The Balaban J connectivity index is 1.62. The fraction of sp³-hybridized carbons (Fsp3) is 0.423. The highest BCUT2D eigenvalue weighted by Gasteiger charge is 2.43. The summed E-state index contributed by atoms with van der Waals surface area (Å²) in [7, 11) is 7.19. The number of hydrazine groups is 1. The van der Waals surface area contributed by atoms with Gasteiger partial charge >= 0.3 is 0 Å². The first-order valence-corrected chi connectivity index (χ1v) is 12.4. The van der Waals surface area contributed by atoms with E-state index in [1.54, 1.807) is 20.3 Å². The van der Waals surface area contributed by atoms with E-state index in [0.717, 1.165) is 41.8 Å². The lowest BCUT2D eigenvalue weighted by Crippen LogP contribution is -2.35. The van der Waals surface area contributed by atoms with Gasteiger partial charge in [-0.15, -0.1) is 0 Å². The average Bonchev–Trinajstić information content (AvgIpc) is 3.27. The summed E-state index contributed by atoms with van der Waals surface area (Å²) in [4.78, 5) is 14.2. The summed E-state index contributed by atoms with van der Waals surface area (Å²) in [6.07, 6.45) is 4.01. The Morgan fingerprint density at radius 2 is 1.80 bits per heavy atom. The van der Waals surface area contributed by atoms with E-state index in [1.807, 2.05) is 26.2 Å². The molecule has 1 aliphatic heterocycles. The highest BCUT2D eigenvalue weighted by atomic mass is 35.5. The maximum Gasteiger partial charge on any atom is 0.247 e. The molecule has 0 spiro atoms. The van der Waals surface area contributed by atoms with Gasteiger partial charge in [0.15, 0.2) is 0 Å². The zero-order valence-corrected chi connectivity index (χ0v) is 22.0. The van der Waals surface area contributed by atoms with Crippen molar-refractivity contribution in [2.45, 2.75) is 37.3 Å². The molecular formula is C26H32Cl2N4O3. The lowest BCUT2D eigenvalue weighted by Gasteiger charge is -2.34. The van der Waals surface area contributed by atoms with E-state index in [2.05, 4.69) is 33.7 Å². The summed E-state index contributed by atoms with van der Waals surface area (Å²) in [6, 6.07) is 8.05. The number of rotatable bonds is 7. The Kier molecular flexibility index (Phi) is 7.81. The second-order valence-corrected chi connectivity index (χ2v) is 9.98. The van der Waals surface area contributed by atoms with E-state index in [9.17, 15) is 4.79 Å². The monoisotopic (exact) mass is 518 g/mol. The van der Waals surface area contributed by atoms with Crippen LogP contribution in [0, 0.1) is 5.92 Å². The number of amides is 1. The number of anilines is 2. The maximum atomic E-state index is 12.1. The molecule has 0 bridgehead atoms. The third-order valence-electron chi connectivity index (χ3n) is 7.10. The number of carbonyl (C=O) groups excluding carboxylic acids is 1.